The molecule has 32 heavy (non-hydrogen) atoms. The minimum absolute atomic E-state index is 0.0255. The van der Waals surface area contributed by atoms with Gasteiger partial charge in [0.25, 0.3) is 0 Å². The fourth-order valence-electron chi connectivity index (χ4n) is 4.69. The molecule has 0 aromatic heterocycles. The zero-order valence-corrected chi connectivity index (χ0v) is 19.0. The zero-order valence-electron chi connectivity index (χ0n) is 19.0. The molecule has 2 atom stereocenters. The molecule has 2 aliphatic heterocycles. The number of nitrogens with one attached hydrogen (secondary N) is 1. The average Bonchev–Trinajstić information content (AvgIpc) is 3.46. The van der Waals surface area contributed by atoms with Crippen molar-refractivity contribution in [2.24, 2.45) is 5.92 Å². The van der Waals surface area contributed by atoms with Gasteiger partial charge in [0.15, 0.2) is 0 Å². The number of ether oxygens (including phenoxy) is 1. The summed E-state index contributed by atoms with van der Waals surface area (Å²) in [6, 6.07) is 16.4. The predicted molar refractivity (Wildman–Crippen MR) is 124 cm³/mol. The van der Waals surface area contributed by atoms with E-state index < -0.39 is 0 Å². The quantitative estimate of drug-likeness (QED) is 0.691. The first-order chi connectivity index (χ1) is 15.5. The Balaban J connectivity index is 1.36. The maximum absolute atomic E-state index is 13.0. The van der Waals surface area contributed by atoms with E-state index in [9.17, 15) is 9.59 Å². The van der Waals surface area contributed by atoms with Crippen LogP contribution in [-0.2, 0) is 16.1 Å². The Bertz CT molecular complexity index is 920. The monoisotopic (exact) mass is 435 g/mol. The lowest BCUT2D eigenvalue weighted by molar-refractivity contribution is -0.129. The summed E-state index contributed by atoms with van der Waals surface area (Å²) in [5, 5.41) is 3.15. The van der Waals surface area contributed by atoms with E-state index in [-0.39, 0.29) is 30.2 Å². The predicted octanol–water partition coefficient (Wildman–Crippen LogP) is 3.31. The topological polar surface area (TPSA) is 61.9 Å². The lowest BCUT2D eigenvalue weighted by atomic mass is 10.0. The normalized spacial score (nSPS) is 19.9. The molecule has 2 fully saturated rings. The van der Waals surface area contributed by atoms with Crippen molar-refractivity contribution >= 4 is 11.8 Å². The van der Waals surface area contributed by atoms with Gasteiger partial charge in [-0.15, -0.1) is 0 Å². The van der Waals surface area contributed by atoms with Crippen LogP contribution in [0.4, 0.5) is 0 Å². The molecule has 0 aliphatic carbocycles. The van der Waals surface area contributed by atoms with Crippen LogP contribution in [0.2, 0.25) is 0 Å². The molecule has 2 saturated heterocycles. The molecule has 170 valence electrons. The minimum atomic E-state index is -0.289. The Morgan fingerprint density at radius 1 is 1.09 bits per heavy atom. The number of hydrogen-bond acceptors (Lipinski definition) is 4. The van der Waals surface area contributed by atoms with Crippen molar-refractivity contribution in [1.29, 1.82) is 0 Å². The highest BCUT2D eigenvalue weighted by atomic mass is 16.5. The lowest BCUT2D eigenvalue weighted by Crippen LogP contribution is -2.39. The number of carbonyl (C=O) groups is 2. The van der Waals surface area contributed by atoms with Crippen LogP contribution in [0, 0.1) is 12.8 Å². The first kappa shape index (κ1) is 22.3. The molecule has 4 rings (SSSR count). The number of amides is 2. The van der Waals surface area contributed by atoms with Crippen molar-refractivity contribution in [2.45, 2.75) is 38.8 Å². The Morgan fingerprint density at radius 3 is 2.44 bits per heavy atom. The molecular weight excluding hydrogens is 402 g/mol. The second-order valence-electron chi connectivity index (χ2n) is 8.94. The van der Waals surface area contributed by atoms with E-state index in [0.29, 0.717) is 19.6 Å². The van der Waals surface area contributed by atoms with Crippen LogP contribution in [0.15, 0.2) is 48.5 Å². The fraction of sp³-hybridized carbons (Fsp3) is 0.462. The summed E-state index contributed by atoms with van der Waals surface area (Å²) in [7, 11) is 1.66. The molecule has 2 aromatic rings. The lowest BCUT2D eigenvalue weighted by Gasteiger charge is -2.28. The third-order valence-electron chi connectivity index (χ3n) is 6.63. The number of likely N-dealkylation sites (tertiary alicyclic amines) is 2. The van der Waals surface area contributed by atoms with Crippen molar-refractivity contribution in [2.75, 3.05) is 33.3 Å². The van der Waals surface area contributed by atoms with Gasteiger partial charge in [0.1, 0.15) is 5.75 Å². The maximum atomic E-state index is 13.0. The van der Waals surface area contributed by atoms with E-state index >= 15 is 0 Å². The molecule has 6 heteroatoms. The first-order valence-electron chi connectivity index (χ1n) is 11.5. The number of benzene rings is 2. The highest BCUT2D eigenvalue weighted by Crippen LogP contribution is 2.27. The van der Waals surface area contributed by atoms with Crippen molar-refractivity contribution in [1.82, 2.24) is 15.1 Å². The molecule has 6 nitrogen and oxygen atoms in total. The Labute approximate surface area is 190 Å². The largest absolute Gasteiger partial charge is 0.497 e. The molecule has 2 unspecified atom stereocenters. The SMILES string of the molecule is COc1ccc(C(CNC(=O)C2CC(=O)N(Cc3ccc(C)cc3)C2)N2CCCC2)cc1. The molecule has 2 aromatic carbocycles. The van der Waals surface area contributed by atoms with E-state index in [4.69, 9.17) is 4.74 Å². The van der Waals surface area contributed by atoms with Gasteiger partial charge in [-0.1, -0.05) is 42.0 Å². The summed E-state index contributed by atoms with van der Waals surface area (Å²) in [5.74, 6) is 0.568. The zero-order chi connectivity index (χ0) is 22.5. The van der Waals surface area contributed by atoms with Gasteiger partial charge in [-0.2, -0.15) is 0 Å². The number of nitrogens with zero attached hydrogens (tertiary/aromatic N) is 2. The van der Waals surface area contributed by atoms with Gasteiger partial charge in [-0.3, -0.25) is 14.5 Å². The summed E-state index contributed by atoms with van der Waals surface area (Å²) in [5.41, 5.74) is 3.47. The number of hydrogen-bond donors (Lipinski definition) is 1. The third kappa shape index (κ3) is 5.30. The summed E-state index contributed by atoms with van der Waals surface area (Å²) >= 11 is 0. The molecule has 2 amide bonds. The molecule has 0 bridgehead atoms. The summed E-state index contributed by atoms with van der Waals surface area (Å²) < 4.78 is 5.29. The van der Waals surface area contributed by atoms with Gasteiger partial charge >= 0.3 is 0 Å². The standard InChI is InChI=1S/C26H33N3O3/c1-19-5-7-20(8-6-19)17-29-18-22(15-25(29)30)26(31)27-16-24(28-13-3-4-14-28)21-9-11-23(32-2)12-10-21/h5-12,22,24H,3-4,13-18H2,1-2H3,(H,27,31). The Kier molecular flexibility index (Phi) is 7.10. The second kappa shape index (κ2) is 10.2. The van der Waals surface area contributed by atoms with Crippen LogP contribution in [0.5, 0.6) is 5.75 Å². The Morgan fingerprint density at radius 2 is 1.78 bits per heavy atom. The van der Waals surface area contributed by atoms with E-state index in [1.165, 1.54) is 24.0 Å². The average molecular weight is 436 g/mol. The maximum Gasteiger partial charge on any atom is 0.225 e. The number of methoxy groups -OCH3 is 1. The fourth-order valence-corrected chi connectivity index (χ4v) is 4.69. The molecule has 0 spiro atoms. The van der Waals surface area contributed by atoms with Crippen LogP contribution in [0.1, 0.15) is 42.0 Å². The van der Waals surface area contributed by atoms with E-state index in [2.05, 4.69) is 34.5 Å². The number of rotatable bonds is 8. The van der Waals surface area contributed by atoms with Crippen LogP contribution in [0.25, 0.3) is 0 Å². The first-order valence-corrected chi connectivity index (χ1v) is 11.5. The van der Waals surface area contributed by atoms with Crippen molar-refractivity contribution in [3.05, 3.63) is 65.2 Å². The molecular formula is C26H33N3O3. The molecule has 2 heterocycles. The summed E-state index contributed by atoms with van der Waals surface area (Å²) in [4.78, 5) is 29.7. The number of aryl methyl sites for hydroxylation is 1. The van der Waals surface area contributed by atoms with Crippen molar-refractivity contribution in [3.8, 4) is 5.75 Å². The van der Waals surface area contributed by atoms with Gasteiger partial charge in [0.05, 0.1) is 19.1 Å². The van der Waals surface area contributed by atoms with Crippen LogP contribution in [0.3, 0.4) is 0 Å². The van der Waals surface area contributed by atoms with E-state index in [1.54, 1.807) is 12.0 Å². The van der Waals surface area contributed by atoms with Gasteiger partial charge in [-0.05, 0) is 56.1 Å². The highest BCUT2D eigenvalue weighted by Gasteiger charge is 2.35. The van der Waals surface area contributed by atoms with Crippen LogP contribution < -0.4 is 10.1 Å². The van der Waals surface area contributed by atoms with Gasteiger partial charge in [0, 0.05) is 26.1 Å². The van der Waals surface area contributed by atoms with Crippen molar-refractivity contribution < 1.29 is 14.3 Å². The van der Waals surface area contributed by atoms with Crippen LogP contribution >= 0.6 is 0 Å². The van der Waals surface area contributed by atoms with E-state index in [0.717, 1.165) is 24.4 Å². The molecule has 2 aliphatic rings. The summed E-state index contributed by atoms with van der Waals surface area (Å²) in [6.07, 6.45) is 2.66. The van der Waals surface area contributed by atoms with Gasteiger partial charge in [0.2, 0.25) is 11.8 Å². The van der Waals surface area contributed by atoms with Gasteiger partial charge in [-0.25, -0.2) is 0 Å². The van der Waals surface area contributed by atoms with Crippen molar-refractivity contribution in [3.63, 3.8) is 0 Å². The molecule has 1 N–H and O–H groups in total. The highest BCUT2D eigenvalue weighted by molar-refractivity contribution is 5.89. The smallest absolute Gasteiger partial charge is 0.225 e. The second-order valence-corrected chi connectivity index (χ2v) is 8.94. The van der Waals surface area contributed by atoms with Crippen LogP contribution in [-0.4, -0.2) is 54.9 Å². The summed E-state index contributed by atoms with van der Waals surface area (Å²) in [6.45, 7) is 5.72. The van der Waals surface area contributed by atoms with E-state index in [1.807, 2.05) is 31.2 Å². The molecule has 0 radical (unpaired) electrons. The number of carbonyl (C=O) groups excluding carboxylic acids is 2. The third-order valence-corrected chi connectivity index (χ3v) is 6.63. The molecule has 0 saturated carbocycles. The van der Waals surface area contributed by atoms with Gasteiger partial charge < -0.3 is 15.0 Å². The Hall–Kier alpha value is -2.86. The minimum Gasteiger partial charge on any atom is -0.497 e.